The van der Waals surface area contributed by atoms with Gasteiger partial charge in [-0.2, -0.15) is 0 Å². The van der Waals surface area contributed by atoms with E-state index >= 15 is 0 Å². The highest BCUT2D eigenvalue weighted by molar-refractivity contribution is 5.75. The maximum Gasteiger partial charge on any atom is 0.441 e. The monoisotopic (exact) mass is 258 g/mol. The molecule has 0 aromatic rings. The Kier molecular flexibility index (Phi) is 4.95. The van der Waals surface area contributed by atoms with Gasteiger partial charge in [0.25, 0.3) is 0 Å². The Bertz CT molecular complexity index is 304. The molecule has 0 radical (unpaired) electrons. The number of piperidine rings is 1. The van der Waals surface area contributed by atoms with Gasteiger partial charge in [0.2, 0.25) is 0 Å². The molecule has 0 bridgehead atoms. The van der Waals surface area contributed by atoms with Gasteiger partial charge in [-0.15, -0.1) is 5.48 Å². The number of hydrogen-bond acceptors (Lipinski definition) is 5. The second-order valence-corrected chi connectivity index (χ2v) is 5.60. The second kappa shape index (κ2) is 6.04. The fourth-order valence-corrected chi connectivity index (χ4v) is 1.72. The molecule has 1 rings (SSSR count). The lowest BCUT2D eigenvalue weighted by Crippen LogP contribution is -2.39. The van der Waals surface area contributed by atoms with Crippen LogP contribution in [0, 0.1) is 5.92 Å². The van der Waals surface area contributed by atoms with Gasteiger partial charge < -0.3 is 14.5 Å². The molecule has 1 aliphatic rings. The zero-order chi connectivity index (χ0) is 13.8. The summed E-state index contributed by atoms with van der Waals surface area (Å²) in [5, 5.41) is 0. The number of amides is 1. The number of carbonyl (C=O) groups excluding carboxylic acids is 2. The second-order valence-electron chi connectivity index (χ2n) is 5.60. The highest BCUT2D eigenvalue weighted by atomic mass is 16.7. The smallest absolute Gasteiger partial charge is 0.441 e. The SMILES string of the molecule is CN1CCC(C(=O)ONC(=O)OC(C)(C)C)CC1. The van der Waals surface area contributed by atoms with Crippen molar-refractivity contribution in [3.05, 3.63) is 0 Å². The van der Waals surface area contributed by atoms with Crippen LogP contribution in [-0.2, 0) is 14.4 Å². The number of hydrogen-bond donors (Lipinski definition) is 1. The van der Waals surface area contributed by atoms with E-state index in [4.69, 9.17) is 9.57 Å². The third-order valence-corrected chi connectivity index (χ3v) is 2.69. The molecular weight excluding hydrogens is 236 g/mol. The number of ether oxygens (including phenoxy) is 1. The summed E-state index contributed by atoms with van der Waals surface area (Å²) in [6, 6.07) is 0. The van der Waals surface area contributed by atoms with Crippen molar-refractivity contribution in [1.29, 1.82) is 0 Å². The zero-order valence-corrected chi connectivity index (χ0v) is 11.5. The van der Waals surface area contributed by atoms with Crippen LogP contribution in [0.1, 0.15) is 33.6 Å². The van der Waals surface area contributed by atoms with E-state index in [1.165, 1.54) is 0 Å². The predicted molar refractivity (Wildman–Crippen MR) is 65.7 cm³/mol. The number of carbonyl (C=O) groups is 2. The van der Waals surface area contributed by atoms with Gasteiger partial charge in [0.1, 0.15) is 5.60 Å². The van der Waals surface area contributed by atoms with Gasteiger partial charge in [-0.05, 0) is 53.8 Å². The summed E-state index contributed by atoms with van der Waals surface area (Å²) >= 11 is 0. The van der Waals surface area contributed by atoms with E-state index in [1.807, 2.05) is 12.5 Å². The van der Waals surface area contributed by atoms with Gasteiger partial charge in [0.15, 0.2) is 0 Å². The van der Waals surface area contributed by atoms with Crippen LogP contribution >= 0.6 is 0 Å². The van der Waals surface area contributed by atoms with Crippen LogP contribution in [0.15, 0.2) is 0 Å². The first-order valence-corrected chi connectivity index (χ1v) is 6.16. The molecule has 0 saturated carbocycles. The first kappa shape index (κ1) is 14.8. The van der Waals surface area contributed by atoms with E-state index in [2.05, 4.69) is 4.90 Å². The summed E-state index contributed by atoms with van der Waals surface area (Å²) < 4.78 is 4.96. The van der Waals surface area contributed by atoms with Crippen LogP contribution in [0.3, 0.4) is 0 Å². The predicted octanol–water partition coefficient (Wildman–Crippen LogP) is 1.31. The Hall–Kier alpha value is -1.30. The summed E-state index contributed by atoms with van der Waals surface area (Å²) in [6.07, 6.45) is 0.764. The van der Waals surface area contributed by atoms with E-state index in [-0.39, 0.29) is 5.92 Å². The Balaban J connectivity index is 2.27. The average Bonchev–Trinajstić information content (AvgIpc) is 2.24. The maximum absolute atomic E-state index is 11.7. The largest absolute Gasteiger partial charge is 0.442 e. The minimum Gasteiger partial charge on any atom is -0.442 e. The molecule has 1 aliphatic heterocycles. The molecule has 0 spiro atoms. The van der Waals surface area contributed by atoms with Gasteiger partial charge in [0.05, 0.1) is 5.92 Å². The highest BCUT2D eigenvalue weighted by Gasteiger charge is 2.26. The van der Waals surface area contributed by atoms with Crippen molar-refractivity contribution in [2.24, 2.45) is 5.92 Å². The number of nitrogens with one attached hydrogen (secondary N) is 1. The maximum atomic E-state index is 11.7. The molecule has 0 aromatic heterocycles. The molecule has 0 aliphatic carbocycles. The van der Waals surface area contributed by atoms with Crippen molar-refractivity contribution in [1.82, 2.24) is 10.4 Å². The van der Waals surface area contributed by atoms with E-state index in [0.29, 0.717) is 0 Å². The third-order valence-electron chi connectivity index (χ3n) is 2.69. The standard InChI is InChI=1S/C12H22N2O4/c1-12(2,3)17-11(16)13-18-10(15)9-5-7-14(4)8-6-9/h9H,5-8H2,1-4H3,(H,13,16). The Morgan fingerprint density at radius 3 is 2.28 bits per heavy atom. The Labute approximate surface area is 108 Å². The molecule has 1 heterocycles. The number of rotatable bonds is 1. The third kappa shape index (κ3) is 5.35. The van der Waals surface area contributed by atoms with Crippen molar-refractivity contribution in [2.75, 3.05) is 20.1 Å². The molecule has 6 nitrogen and oxygen atoms in total. The molecule has 18 heavy (non-hydrogen) atoms. The van der Waals surface area contributed by atoms with Gasteiger partial charge >= 0.3 is 12.1 Å². The van der Waals surface area contributed by atoms with Crippen LogP contribution in [0.25, 0.3) is 0 Å². The molecule has 0 atom stereocenters. The van der Waals surface area contributed by atoms with Crippen molar-refractivity contribution in [3.63, 3.8) is 0 Å². The van der Waals surface area contributed by atoms with E-state index in [1.54, 1.807) is 20.8 Å². The minimum atomic E-state index is -0.747. The topological polar surface area (TPSA) is 67.9 Å². The molecular formula is C12H22N2O4. The quantitative estimate of drug-likeness (QED) is 0.718. The zero-order valence-electron chi connectivity index (χ0n) is 11.5. The molecule has 0 aromatic carbocycles. The summed E-state index contributed by atoms with van der Waals surface area (Å²) in [5.41, 5.74) is 1.42. The number of hydroxylamine groups is 1. The molecule has 6 heteroatoms. The van der Waals surface area contributed by atoms with Crippen LogP contribution in [0.4, 0.5) is 4.79 Å². The fourth-order valence-electron chi connectivity index (χ4n) is 1.72. The van der Waals surface area contributed by atoms with Crippen LogP contribution in [0.2, 0.25) is 0 Å². The molecule has 1 N–H and O–H groups in total. The number of nitrogens with zero attached hydrogens (tertiary/aromatic N) is 1. The van der Waals surface area contributed by atoms with Crippen molar-refractivity contribution < 1.29 is 19.2 Å². The van der Waals surface area contributed by atoms with Gasteiger partial charge in [0, 0.05) is 0 Å². The van der Waals surface area contributed by atoms with Crippen LogP contribution in [-0.4, -0.2) is 42.7 Å². The molecule has 1 saturated heterocycles. The normalized spacial score (nSPS) is 18.2. The molecule has 104 valence electrons. The Morgan fingerprint density at radius 2 is 1.78 bits per heavy atom. The molecule has 1 amide bonds. The van der Waals surface area contributed by atoms with E-state index < -0.39 is 17.7 Å². The van der Waals surface area contributed by atoms with Crippen LogP contribution in [0.5, 0.6) is 0 Å². The number of likely N-dealkylation sites (tertiary alicyclic amines) is 1. The lowest BCUT2D eigenvalue weighted by molar-refractivity contribution is -0.157. The molecule has 0 unspecified atom stereocenters. The van der Waals surface area contributed by atoms with Crippen LogP contribution < -0.4 is 5.48 Å². The van der Waals surface area contributed by atoms with Crippen molar-refractivity contribution in [3.8, 4) is 0 Å². The highest BCUT2D eigenvalue weighted by Crippen LogP contribution is 2.17. The summed E-state index contributed by atoms with van der Waals surface area (Å²) in [5.74, 6) is -0.537. The fraction of sp³-hybridized carbons (Fsp3) is 0.833. The Morgan fingerprint density at radius 1 is 1.22 bits per heavy atom. The molecule has 1 fully saturated rings. The van der Waals surface area contributed by atoms with Gasteiger partial charge in [-0.1, -0.05) is 0 Å². The first-order valence-electron chi connectivity index (χ1n) is 6.16. The van der Waals surface area contributed by atoms with E-state index in [9.17, 15) is 9.59 Å². The van der Waals surface area contributed by atoms with Gasteiger partial charge in [-0.3, -0.25) is 0 Å². The van der Waals surface area contributed by atoms with E-state index in [0.717, 1.165) is 25.9 Å². The van der Waals surface area contributed by atoms with Crippen molar-refractivity contribution >= 4 is 12.1 Å². The average molecular weight is 258 g/mol. The summed E-state index contributed by atoms with van der Waals surface area (Å²) in [6.45, 7) is 6.96. The minimum absolute atomic E-state index is 0.142. The van der Waals surface area contributed by atoms with Gasteiger partial charge in [-0.25, -0.2) is 9.59 Å². The summed E-state index contributed by atoms with van der Waals surface area (Å²) in [4.78, 5) is 29.8. The van der Waals surface area contributed by atoms with Crippen molar-refractivity contribution in [2.45, 2.75) is 39.2 Å². The summed E-state index contributed by atoms with van der Waals surface area (Å²) in [7, 11) is 2.01. The first-order chi connectivity index (χ1) is 8.28. The lowest BCUT2D eigenvalue weighted by Gasteiger charge is -2.27. The lowest BCUT2D eigenvalue weighted by atomic mass is 9.98.